The van der Waals surface area contributed by atoms with Crippen molar-refractivity contribution in [2.45, 2.75) is 76.4 Å². The van der Waals surface area contributed by atoms with Gasteiger partial charge in [-0.3, -0.25) is 4.90 Å². The summed E-state index contributed by atoms with van der Waals surface area (Å²) in [7, 11) is 3.77. The monoisotopic (exact) mass is 452 g/mol. The van der Waals surface area contributed by atoms with E-state index in [0.717, 1.165) is 56.6 Å². The molecule has 0 atom stereocenters. The summed E-state index contributed by atoms with van der Waals surface area (Å²) in [4.78, 5) is 20.2. The van der Waals surface area contributed by atoms with Crippen LogP contribution in [0, 0.1) is 23.2 Å². The first kappa shape index (κ1) is 23.9. The van der Waals surface area contributed by atoms with E-state index >= 15 is 0 Å². The predicted octanol–water partition coefficient (Wildman–Crippen LogP) is 4.90. The number of carbonyl (C=O) groups is 1. The molecular formula is C27H40N4O2. The second kappa shape index (κ2) is 9.54. The molecule has 2 aliphatic carbocycles. The van der Waals surface area contributed by atoms with Crippen LogP contribution in [-0.2, 0) is 6.54 Å². The lowest BCUT2D eigenvalue weighted by atomic mass is 9.71. The molecule has 0 bridgehead atoms. The summed E-state index contributed by atoms with van der Waals surface area (Å²) in [6.07, 6.45) is 7.22. The molecule has 1 aromatic carbocycles. The number of nitriles is 1. The van der Waals surface area contributed by atoms with Gasteiger partial charge >= 0.3 is 6.03 Å². The maximum atomic E-state index is 13.6. The molecule has 180 valence electrons. The topological polar surface area (TPSA) is 59.8 Å². The molecule has 6 heteroatoms. The minimum atomic E-state index is -0.413. The van der Waals surface area contributed by atoms with Gasteiger partial charge in [0.15, 0.2) is 0 Å². The number of amides is 2. The Hall–Kier alpha value is -2.26. The van der Waals surface area contributed by atoms with E-state index in [1.807, 2.05) is 17.0 Å². The third kappa shape index (κ3) is 4.71. The van der Waals surface area contributed by atoms with Crippen LogP contribution in [0.3, 0.4) is 0 Å². The number of nitrogens with zero attached hydrogens (tertiary/aromatic N) is 4. The Morgan fingerprint density at radius 1 is 1.18 bits per heavy atom. The molecule has 2 saturated carbocycles. The summed E-state index contributed by atoms with van der Waals surface area (Å²) in [5.74, 6) is 2.00. The highest BCUT2D eigenvalue weighted by molar-refractivity contribution is 5.78. The lowest BCUT2D eigenvalue weighted by Crippen LogP contribution is -2.58. The Morgan fingerprint density at radius 2 is 1.85 bits per heavy atom. The largest absolute Gasteiger partial charge is 0.497 e. The Labute approximate surface area is 199 Å². The summed E-state index contributed by atoms with van der Waals surface area (Å²) >= 11 is 0. The van der Waals surface area contributed by atoms with Crippen LogP contribution in [0.15, 0.2) is 24.3 Å². The van der Waals surface area contributed by atoms with Crippen LogP contribution >= 0.6 is 0 Å². The molecule has 0 radical (unpaired) electrons. The van der Waals surface area contributed by atoms with E-state index in [4.69, 9.17) is 4.74 Å². The van der Waals surface area contributed by atoms with Crippen molar-refractivity contribution in [3.05, 3.63) is 29.8 Å². The SMILES string of the molecule is COc1ccc(CN2CC3(CCC(C#N)(N(C)CC(C)C)CC3)N(CC3CCC3)C2=O)cc1. The van der Waals surface area contributed by atoms with E-state index < -0.39 is 5.54 Å². The van der Waals surface area contributed by atoms with Gasteiger partial charge in [0.2, 0.25) is 0 Å². The van der Waals surface area contributed by atoms with Gasteiger partial charge in [-0.15, -0.1) is 0 Å². The molecule has 1 aliphatic heterocycles. The van der Waals surface area contributed by atoms with Crippen molar-refractivity contribution in [2.75, 3.05) is 33.8 Å². The third-order valence-electron chi connectivity index (χ3n) is 8.34. The maximum Gasteiger partial charge on any atom is 0.320 e. The number of hydrogen-bond acceptors (Lipinski definition) is 4. The van der Waals surface area contributed by atoms with Crippen molar-refractivity contribution in [1.29, 1.82) is 5.26 Å². The van der Waals surface area contributed by atoms with Crippen molar-refractivity contribution in [3.8, 4) is 11.8 Å². The van der Waals surface area contributed by atoms with Crippen LogP contribution in [0.5, 0.6) is 5.75 Å². The van der Waals surface area contributed by atoms with Crippen LogP contribution < -0.4 is 4.74 Å². The van der Waals surface area contributed by atoms with Crippen molar-refractivity contribution < 1.29 is 9.53 Å². The molecule has 2 amide bonds. The minimum absolute atomic E-state index is 0.141. The molecule has 3 aliphatic rings. The lowest BCUT2D eigenvalue weighted by Gasteiger charge is -2.49. The average Bonchev–Trinajstić information content (AvgIpc) is 3.02. The van der Waals surface area contributed by atoms with Gasteiger partial charge in [0.05, 0.1) is 18.7 Å². The molecule has 0 aromatic heterocycles. The number of ether oxygens (including phenoxy) is 1. The molecule has 1 saturated heterocycles. The van der Waals surface area contributed by atoms with Crippen LogP contribution in [0.1, 0.15) is 64.4 Å². The highest BCUT2D eigenvalue weighted by atomic mass is 16.5. The van der Waals surface area contributed by atoms with Gasteiger partial charge in [0.1, 0.15) is 11.3 Å². The van der Waals surface area contributed by atoms with Gasteiger partial charge in [-0.1, -0.05) is 32.4 Å². The zero-order valence-electron chi connectivity index (χ0n) is 20.8. The Kier molecular flexibility index (Phi) is 6.91. The number of methoxy groups -OCH3 is 1. The zero-order chi connectivity index (χ0) is 23.6. The fourth-order valence-corrected chi connectivity index (χ4v) is 6.02. The normalized spacial score (nSPS) is 28.0. The first-order valence-corrected chi connectivity index (χ1v) is 12.6. The molecule has 1 heterocycles. The van der Waals surface area contributed by atoms with Crippen molar-refractivity contribution in [2.24, 2.45) is 11.8 Å². The summed E-state index contributed by atoms with van der Waals surface area (Å²) in [5.41, 5.74) is 0.575. The van der Waals surface area contributed by atoms with Gasteiger partial charge in [-0.2, -0.15) is 5.26 Å². The summed E-state index contributed by atoms with van der Waals surface area (Å²) < 4.78 is 5.28. The third-order valence-corrected chi connectivity index (χ3v) is 8.34. The van der Waals surface area contributed by atoms with Crippen LogP contribution in [-0.4, -0.2) is 65.6 Å². The van der Waals surface area contributed by atoms with E-state index in [0.29, 0.717) is 18.4 Å². The second-order valence-corrected chi connectivity index (χ2v) is 11.0. The van der Waals surface area contributed by atoms with Gasteiger partial charge in [0, 0.05) is 26.2 Å². The smallest absolute Gasteiger partial charge is 0.320 e. The summed E-state index contributed by atoms with van der Waals surface area (Å²) in [5, 5.41) is 10.2. The van der Waals surface area contributed by atoms with Crippen molar-refractivity contribution >= 4 is 6.03 Å². The molecule has 1 spiro atoms. The zero-order valence-corrected chi connectivity index (χ0v) is 20.8. The highest BCUT2D eigenvalue weighted by Gasteiger charge is 2.55. The standard InChI is InChI=1S/C27H40N4O2/c1-21(2)16-29(3)26(19-28)12-14-27(15-13-26)20-30(17-23-8-10-24(33-4)11-9-23)25(32)31(27)18-22-6-5-7-22/h8-11,21-22H,5-7,12-18,20H2,1-4H3. The molecule has 6 nitrogen and oxygen atoms in total. The molecule has 33 heavy (non-hydrogen) atoms. The van der Waals surface area contributed by atoms with E-state index in [2.05, 4.69) is 48.9 Å². The Balaban J connectivity index is 1.52. The second-order valence-electron chi connectivity index (χ2n) is 11.0. The van der Waals surface area contributed by atoms with Crippen LogP contribution in [0.4, 0.5) is 4.79 Å². The molecule has 1 aromatic rings. The van der Waals surface area contributed by atoms with E-state index in [-0.39, 0.29) is 11.6 Å². The maximum absolute atomic E-state index is 13.6. The number of hydrogen-bond donors (Lipinski definition) is 0. The van der Waals surface area contributed by atoms with E-state index in [1.54, 1.807) is 7.11 Å². The highest BCUT2D eigenvalue weighted by Crippen LogP contribution is 2.46. The number of carbonyl (C=O) groups excluding carboxylic acids is 1. The predicted molar refractivity (Wildman–Crippen MR) is 130 cm³/mol. The molecule has 4 rings (SSSR count). The van der Waals surface area contributed by atoms with Crippen LogP contribution in [0.25, 0.3) is 0 Å². The molecule has 3 fully saturated rings. The van der Waals surface area contributed by atoms with Crippen molar-refractivity contribution in [1.82, 2.24) is 14.7 Å². The molecule has 0 N–H and O–H groups in total. The van der Waals surface area contributed by atoms with Gasteiger partial charge in [-0.05, 0) is 75.1 Å². The average molecular weight is 453 g/mol. The van der Waals surface area contributed by atoms with Crippen molar-refractivity contribution in [3.63, 3.8) is 0 Å². The van der Waals surface area contributed by atoms with Gasteiger partial charge in [0.25, 0.3) is 0 Å². The fraction of sp³-hybridized carbons (Fsp3) is 0.704. The van der Waals surface area contributed by atoms with E-state index in [1.165, 1.54) is 19.3 Å². The fourth-order valence-electron chi connectivity index (χ4n) is 6.02. The molecular weight excluding hydrogens is 412 g/mol. The first-order valence-electron chi connectivity index (χ1n) is 12.6. The number of benzene rings is 1. The molecule has 0 unspecified atom stereocenters. The summed E-state index contributed by atoms with van der Waals surface area (Å²) in [6.45, 7) is 7.61. The Morgan fingerprint density at radius 3 is 2.36 bits per heavy atom. The Bertz CT molecular complexity index is 863. The van der Waals surface area contributed by atoms with Gasteiger partial charge < -0.3 is 14.5 Å². The number of rotatable bonds is 8. The first-order chi connectivity index (χ1) is 15.8. The van der Waals surface area contributed by atoms with Crippen LogP contribution in [0.2, 0.25) is 0 Å². The van der Waals surface area contributed by atoms with E-state index in [9.17, 15) is 10.1 Å². The number of urea groups is 1. The minimum Gasteiger partial charge on any atom is -0.497 e. The summed E-state index contributed by atoms with van der Waals surface area (Å²) in [6, 6.07) is 10.9. The van der Waals surface area contributed by atoms with Gasteiger partial charge in [-0.25, -0.2) is 4.79 Å². The quantitative estimate of drug-likeness (QED) is 0.563. The lowest BCUT2D eigenvalue weighted by molar-refractivity contribution is 0.0307.